The maximum absolute atomic E-state index is 11.6. The first-order valence-electron chi connectivity index (χ1n) is 6.33. The van der Waals surface area contributed by atoms with Gasteiger partial charge in [-0.2, -0.15) is 0 Å². The Morgan fingerprint density at radius 3 is 2.14 bits per heavy atom. The third-order valence-electron chi connectivity index (χ3n) is 3.02. The van der Waals surface area contributed by atoms with Crippen molar-refractivity contribution in [2.75, 3.05) is 4.90 Å². The van der Waals surface area contributed by atoms with Crippen molar-refractivity contribution in [1.82, 2.24) is 5.43 Å². The highest BCUT2D eigenvalue weighted by molar-refractivity contribution is 5.94. The first-order chi connectivity index (χ1) is 10.1. The summed E-state index contributed by atoms with van der Waals surface area (Å²) in [6.07, 6.45) is 0. The number of anilines is 1. The van der Waals surface area contributed by atoms with E-state index in [2.05, 4.69) is 5.43 Å². The number of hydrazine groups is 1. The summed E-state index contributed by atoms with van der Waals surface area (Å²) in [5, 5.41) is 0. The number of hydrogen-bond acceptors (Lipinski definition) is 3. The SMILES string of the molecule is NNC(=O)c1ccc(CN(C(N)=O)c2ccccc2)cc1. The molecule has 2 aromatic carbocycles. The van der Waals surface area contributed by atoms with E-state index < -0.39 is 6.03 Å². The van der Waals surface area contributed by atoms with E-state index in [-0.39, 0.29) is 5.91 Å². The fourth-order valence-corrected chi connectivity index (χ4v) is 1.93. The first-order valence-corrected chi connectivity index (χ1v) is 6.33. The lowest BCUT2D eigenvalue weighted by molar-refractivity contribution is 0.0953. The summed E-state index contributed by atoms with van der Waals surface area (Å²) in [6.45, 7) is 0.323. The normalized spacial score (nSPS) is 9.95. The number of nitrogens with zero attached hydrogens (tertiary/aromatic N) is 1. The topological polar surface area (TPSA) is 101 Å². The fraction of sp³-hybridized carbons (Fsp3) is 0.0667. The molecule has 0 fully saturated rings. The number of para-hydroxylation sites is 1. The lowest BCUT2D eigenvalue weighted by Crippen LogP contribution is -2.35. The second kappa shape index (κ2) is 6.53. The maximum atomic E-state index is 11.6. The van der Waals surface area contributed by atoms with E-state index in [0.29, 0.717) is 17.8 Å². The van der Waals surface area contributed by atoms with Gasteiger partial charge in [0.1, 0.15) is 0 Å². The summed E-state index contributed by atoms with van der Waals surface area (Å²) in [7, 11) is 0. The summed E-state index contributed by atoms with van der Waals surface area (Å²) in [5.74, 6) is 4.71. The predicted molar refractivity (Wildman–Crippen MR) is 80.3 cm³/mol. The molecule has 3 amide bonds. The van der Waals surface area contributed by atoms with Gasteiger partial charge in [0.05, 0.1) is 6.54 Å². The van der Waals surface area contributed by atoms with Gasteiger partial charge in [0, 0.05) is 11.3 Å². The molecule has 0 aliphatic rings. The minimum atomic E-state index is -0.537. The number of nitrogens with one attached hydrogen (secondary N) is 1. The molecular formula is C15H16N4O2. The second-order valence-corrected chi connectivity index (χ2v) is 4.43. The molecule has 0 aliphatic carbocycles. The van der Waals surface area contributed by atoms with Gasteiger partial charge in [-0.1, -0.05) is 30.3 Å². The lowest BCUT2D eigenvalue weighted by Gasteiger charge is -2.20. The molecule has 0 heterocycles. The van der Waals surface area contributed by atoms with Crippen LogP contribution in [0.25, 0.3) is 0 Å². The quantitative estimate of drug-likeness (QED) is 0.449. The number of rotatable bonds is 4. The Hall–Kier alpha value is -2.86. The van der Waals surface area contributed by atoms with Gasteiger partial charge in [0.15, 0.2) is 0 Å². The third kappa shape index (κ3) is 3.58. The van der Waals surface area contributed by atoms with E-state index in [9.17, 15) is 9.59 Å². The molecule has 0 bridgehead atoms. The molecule has 0 saturated heterocycles. The van der Waals surface area contributed by atoms with Crippen LogP contribution in [-0.4, -0.2) is 11.9 Å². The zero-order chi connectivity index (χ0) is 15.2. The Morgan fingerprint density at radius 1 is 1.00 bits per heavy atom. The monoisotopic (exact) mass is 284 g/mol. The van der Waals surface area contributed by atoms with Crippen molar-refractivity contribution in [1.29, 1.82) is 0 Å². The lowest BCUT2D eigenvalue weighted by atomic mass is 10.1. The summed E-state index contributed by atoms with van der Waals surface area (Å²) in [5.41, 5.74) is 9.50. The number of benzene rings is 2. The molecule has 2 aromatic rings. The van der Waals surface area contributed by atoms with Crippen molar-refractivity contribution in [3.8, 4) is 0 Å². The summed E-state index contributed by atoms with van der Waals surface area (Å²) in [4.78, 5) is 24.4. The third-order valence-corrected chi connectivity index (χ3v) is 3.02. The Bertz CT molecular complexity index is 626. The highest BCUT2D eigenvalue weighted by atomic mass is 16.2. The molecule has 0 atom stereocenters. The number of amides is 3. The van der Waals surface area contributed by atoms with Crippen LogP contribution in [0, 0.1) is 0 Å². The Balaban J connectivity index is 2.18. The van der Waals surface area contributed by atoms with Crippen LogP contribution in [0.5, 0.6) is 0 Å². The van der Waals surface area contributed by atoms with Gasteiger partial charge in [-0.05, 0) is 29.8 Å². The Labute approximate surface area is 122 Å². The van der Waals surface area contributed by atoms with Crippen molar-refractivity contribution in [3.63, 3.8) is 0 Å². The number of urea groups is 1. The molecule has 108 valence electrons. The van der Waals surface area contributed by atoms with Crippen LogP contribution in [0.2, 0.25) is 0 Å². The molecular weight excluding hydrogens is 268 g/mol. The average Bonchev–Trinajstić information content (AvgIpc) is 2.53. The van der Waals surface area contributed by atoms with Crippen LogP contribution in [0.3, 0.4) is 0 Å². The Morgan fingerprint density at radius 2 is 1.62 bits per heavy atom. The van der Waals surface area contributed by atoms with Gasteiger partial charge in [0.25, 0.3) is 5.91 Å². The van der Waals surface area contributed by atoms with E-state index >= 15 is 0 Å². The molecule has 6 nitrogen and oxygen atoms in total. The molecule has 0 unspecified atom stereocenters. The number of carbonyl (C=O) groups is 2. The number of nitrogen functional groups attached to an aromatic ring is 1. The van der Waals surface area contributed by atoms with Crippen molar-refractivity contribution < 1.29 is 9.59 Å². The highest BCUT2D eigenvalue weighted by Gasteiger charge is 2.13. The molecule has 0 spiro atoms. The van der Waals surface area contributed by atoms with Gasteiger partial charge < -0.3 is 5.73 Å². The van der Waals surface area contributed by atoms with Gasteiger partial charge in [-0.15, -0.1) is 0 Å². The van der Waals surface area contributed by atoms with Gasteiger partial charge in [-0.3, -0.25) is 15.1 Å². The smallest absolute Gasteiger partial charge is 0.319 e. The molecule has 5 N–H and O–H groups in total. The van der Waals surface area contributed by atoms with E-state index in [0.717, 1.165) is 5.56 Å². The van der Waals surface area contributed by atoms with Crippen LogP contribution in [0.4, 0.5) is 10.5 Å². The van der Waals surface area contributed by atoms with Gasteiger partial charge in [-0.25, -0.2) is 10.6 Å². The maximum Gasteiger partial charge on any atom is 0.319 e. The minimum absolute atomic E-state index is 0.323. The van der Waals surface area contributed by atoms with Crippen molar-refractivity contribution in [2.45, 2.75) is 6.54 Å². The molecule has 6 heteroatoms. The van der Waals surface area contributed by atoms with Crippen LogP contribution < -0.4 is 21.9 Å². The highest BCUT2D eigenvalue weighted by Crippen LogP contribution is 2.17. The summed E-state index contributed by atoms with van der Waals surface area (Å²) < 4.78 is 0. The molecule has 21 heavy (non-hydrogen) atoms. The minimum Gasteiger partial charge on any atom is -0.351 e. The van der Waals surface area contributed by atoms with Crippen molar-refractivity contribution in [3.05, 3.63) is 65.7 Å². The van der Waals surface area contributed by atoms with Gasteiger partial charge >= 0.3 is 6.03 Å². The van der Waals surface area contributed by atoms with Crippen LogP contribution in [0.15, 0.2) is 54.6 Å². The first kappa shape index (κ1) is 14.5. The van der Waals surface area contributed by atoms with Crippen LogP contribution in [-0.2, 0) is 6.54 Å². The summed E-state index contributed by atoms with van der Waals surface area (Å²) >= 11 is 0. The average molecular weight is 284 g/mol. The van der Waals surface area contributed by atoms with E-state index in [1.165, 1.54) is 4.90 Å². The van der Waals surface area contributed by atoms with E-state index in [1.54, 1.807) is 36.4 Å². The molecule has 0 saturated carbocycles. The largest absolute Gasteiger partial charge is 0.351 e. The van der Waals surface area contributed by atoms with Crippen molar-refractivity contribution >= 4 is 17.6 Å². The predicted octanol–water partition coefficient (Wildman–Crippen LogP) is 1.38. The molecule has 0 aromatic heterocycles. The van der Waals surface area contributed by atoms with E-state index in [1.807, 2.05) is 18.2 Å². The zero-order valence-electron chi connectivity index (χ0n) is 11.3. The number of hydrogen-bond donors (Lipinski definition) is 3. The van der Waals surface area contributed by atoms with Crippen LogP contribution >= 0.6 is 0 Å². The summed E-state index contributed by atoms with van der Waals surface area (Å²) in [6, 6.07) is 15.4. The second-order valence-electron chi connectivity index (χ2n) is 4.43. The van der Waals surface area contributed by atoms with Gasteiger partial charge in [0.2, 0.25) is 0 Å². The standard InChI is InChI=1S/C15H16N4O2/c16-15(21)19(13-4-2-1-3-5-13)10-11-6-8-12(9-7-11)14(20)18-17/h1-9H,10,17H2,(H2,16,21)(H,18,20). The zero-order valence-corrected chi connectivity index (χ0v) is 11.3. The molecule has 0 radical (unpaired) electrons. The molecule has 0 aliphatic heterocycles. The number of primary amides is 1. The van der Waals surface area contributed by atoms with Crippen LogP contribution in [0.1, 0.15) is 15.9 Å². The van der Waals surface area contributed by atoms with Crippen molar-refractivity contribution in [2.24, 2.45) is 11.6 Å². The Kier molecular flexibility index (Phi) is 4.53. The number of nitrogens with two attached hydrogens (primary N) is 2. The number of carbonyl (C=O) groups excluding carboxylic acids is 2. The molecule has 2 rings (SSSR count). The van der Waals surface area contributed by atoms with E-state index in [4.69, 9.17) is 11.6 Å². The fourth-order valence-electron chi connectivity index (χ4n) is 1.93.